The van der Waals surface area contributed by atoms with Gasteiger partial charge in [0.2, 0.25) is 0 Å². The van der Waals surface area contributed by atoms with E-state index in [1.165, 1.54) is 0 Å². The Morgan fingerprint density at radius 1 is 1.43 bits per heavy atom. The number of likely N-dealkylation sites (tertiary alicyclic amines) is 1. The minimum absolute atomic E-state index is 0.0685. The first-order valence-electron chi connectivity index (χ1n) is 8.18. The smallest absolute Gasteiger partial charge is 0.322 e. The quantitative estimate of drug-likeness (QED) is 0.873. The minimum Gasteiger partial charge on any atom is -0.382 e. The highest BCUT2D eigenvalue weighted by Crippen LogP contribution is 2.34. The summed E-state index contributed by atoms with van der Waals surface area (Å²) in [6, 6.07) is 9.49. The predicted molar refractivity (Wildman–Crippen MR) is 90.2 cm³/mol. The van der Waals surface area contributed by atoms with Crippen LogP contribution in [0.5, 0.6) is 0 Å². The van der Waals surface area contributed by atoms with Gasteiger partial charge in [0.1, 0.15) is 0 Å². The number of benzene rings is 1. The molecule has 1 aromatic carbocycles. The zero-order valence-electron chi connectivity index (χ0n) is 14.0. The molecule has 2 rings (SSSR count). The number of rotatable bonds is 6. The van der Waals surface area contributed by atoms with Crippen LogP contribution in [0.3, 0.4) is 0 Å². The molecule has 0 aromatic heterocycles. The van der Waals surface area contributed by atoms with E-state index in [9.17, 15) is 4.79 Å². The molecule has 1 aromatic rings. The molecule has 5 heteroatoms. The molecule has 1 atom stereocenters. The summed E-state index contributed by atoms with van der Waals surface area (Å²) in [5.41, 5.74) is 1.52. The third kappa shape index (κ3) is 4.02. The Bertz CT molecular complexity index is 557. The lowest BCUT2D eigenvalue weighted by molar-refractivity contribution is 0.0540. The number of anilines is 1. The van der Waals surface area contributed by atoms with E-state index in [0.717, 1.165) is 43.5 Å². The minimum atomic E-state index is -0.186. The fourth-order valence-corrected chi connectivity index (χ4v) is 3.46. The molecule has 1 N–H and O–H groups in total. The molecule has 1 fully saturated rings. The Morgan fingerprint density at radius 3 is 2.78 bits per heavy atom. The number of nitrogens with one attached hydrogen (secondary N) is 1. The van der Waals surface area contributed by atoms with Gasteiger partial charge in [-0.3, -0.25) is 0 Å². The molecule has 1 saturated heterocycles. The van der Waals surface area contributed by atoms with Crippen molar-refractivity contribution in [2.24, 2.45) is 0 Å². The fourth-order valence-electron chi connectivity index (χ4n) is 3.46. The maximum absolute atomic E-state index is 12.7. The SMILES string of the molecule is CCC[C@@]1(COC)CCCN1C(=O)Nc1ccc(CC#N)cc1. The number of carbonyl (C=O) groups is 1. The van der Waals surface area contributed by atoms with Crippen LogP contribution in [0.15, 0.2) is 24.3 Å². The molecule has 0 bridgehead atoms. The highest BCUT2D eigenvalue weighted by molar-refractivity contribution is 5.90. The lowest BCUT2D eigenvalue weighted by atomic mass is 9.91. The van der Waals surface area contributed by atoms with Crippen molar-refractivity contribution in [2.45, 2.75) is 44.6 Å². The van der Waals surface area contributed by atoms with E-state index in [0.29, 0.717) is 13.0 Å². The fraction of sp³-hybridized carbons (Fsp3) is 0.556. The second kappa shape index (κ2) is 7.98. The summed E-state index contributed by atoms with van der Waals surface area (Å²) in [5.74, 6) is 0. The molecule has 1 heterocycles. The highest BCUT2D eigenvalue weighted by Gasteiger charge is 2.42. The standard InChI is InChI=1S/C18H25N3O2/c1-3-10-18(14-23-2)11-4-13-21(18)17(22)20-16-7-5-15(6-8-16)9-12-19/h5-8H,3-4,9-11,13-14H2,1-2H3,(H,20,22)/t18-/m0/s1. The molecule has 124 valence electrons. The molecular formula is C18H25N3O2. The Balaban J connectivity index is 2.07. The second-order valence-electron chi connectivity index (χ2n) is 6.12. The monoisotopic (exact) mass is 315 g/mol. The third-order valence-electron chi connectivity index (χ3n) is 4.46. The molecule has 1 aliphatic heterocycles. The van der Waals surface area contributed by atoms with Crippen LogP contribution in [-0.4, -0.2) is 36.7 Å². The molecule has 0 radical (unpaired) electrons. The summed E-state index contributed by atoms with van der Waals surface area (Å²) >= 11 is 0. The van der Waals surface area contributed by atoms with Crippen molar-refractivity contribution in [1.29, 1.82) is 5.26 Å². The van der Waals surface area contributed by atoms with E-state index in [2.05, 4.69) is 18.3 Å². The number of hydrogen-bond donors (Lipinski definition) is 1. The number of urea groups is 1. The van der Waals surface area contributed by atoms with Crippen LogP contribution in [0.25, 0.3) is 0 Å². The Labute approximate surface area is 138 Å². The molecule has 0 spiro atoms. The van der Waals surface area contributed by atoms with Crippen molar-refractivity contribution >= 4 is 11.7 Å². The van der Waals surface area contributed by atoms with Gasteiger partial charge in [-0.1, -0.05) is 25.5 Å². The number of nitrogens with zero attached hydrogens (tertiary/aromatic N) is 2. The van der Waals surface area contributed by atoms with E-state index >= 15 is 0 Å². The maximum atomic E-state index is 12.7. The average molecular weight is 315 g/mol. The maximum Gasteiger partial charge on any atom is 0.322 e. The van der Waals surface area contributed by atoms with Gasteiger partial charge in [0.25, 0.3) is 0 Å². The number of hydrogen-bond acceptors (Lipinski definition) is 3. The van der Waals surface area contributed by atoms with E-state index < -0.39 is 0 Å². The number of methoxy groups -OCH3 is 1. The molecule has 1 aliphatic rings. The van der Waals surface area contributed by atoms with Gasteiger partial charge < -0.3 is 15.0 Å². The molecule has 23 heavy (non-hydrogen) atoms. The van der Waals surface area contributed by atoms with Crippen molar-refractivity contribution in [1.82, 2.24) is 4.90 Å². The number of ether oxygens (including phenoxy) is 1. The van der Waals surface area contributed by atoms with Crippen LogP contribution in [0, 0.1) is 11.3 Å². The first-order chi connectivity index (χ1) is 11.1. The summed E-state index contributed by atoms with van der Waals surface area (Å²) in [4.78, 5) is 14.6. The molecule has 5 nitrogen and oxygen atoms in total. The molecule has 0 saturated carbocycles. The average Bonchev–Trinajstić information content (AvgIpc) is 2.94. The van der Waals surface area contributed by atoms with Crippen LogP contribution in [-0.2, 0) is 11.2 Å². The van der Waals surface area contributed by atoms with Gasteiger partial charge in [-0.15, -0.1) is 0 Å². The van der Waals surface area contributed by atoms with E-state index in [1.807, 2.05) is 29.2 Å². The van der Waals surface area contributed by atoms with Gasteiger partial charge in [0.15, 0.2) is 0 Å². The van der Waals surface area contributed by atoms with Crippen LogP contribution in [0.4, 0.5) is 10.5 Å². The largest absolute Gasteiger partial charge is 0.382 e. The van der Waals surface area contributed by atoms with Crippen LogP contribution >= 0.6 is 0 Å². The summed E-state index contributed by atoms with van der Waals surface area (Å²) in [6.45, 7) is 3.48. The second-order valence-corrected chi connectivity index (χ2v) is 6.12. The zero-order valence-corrected chi connectivity index (χ0v) is 14.0. The first-order valence-corrected chi connectivity index (χ1v) is 8.18. The van der Waals surface area contributed by atoms with Crippen molar-refractivity contribution in [3.05, 3.63) is 29.8 Å². The first kappa shape index (κ1) is 17.3. The Kier molecular flexibility index (Phi) is 6.00. The summed E-state index contributed by atoms with van der Waals surface area (Å²) in [7, 11) is 1.69. The predicted octanol–water partition coefficient (Wildman–Crippen LogP) is 3.57. The van der Waals surface area contributed by atoms with E-state index in [1.54, 1.807) is 7.11 Å². The third-order valence-corrected chi connectivity index (χ3v) is 4.46. The van der Waals surface area contributed by atoms with Crippen LogP contribution in [0.1, 0.15) is 38.2 Å². The number of carbonyl (C=O) groups excluding carboxylic acids is 1. The molecule has 2 amide bonds. The van der Waals surface area contributed by atoms with Gasteiger partial charge >= 0.3 is 6.03 Å². The van der Waals surface area contributed by atoms with Gasteiger partial charge in [-0.2, -0.15) is 5.26 Å². The number of nitriles is 1. The topological polar surface area (TPSA) is 65.4 Å². The van der Waals surface area contributed by atoms with Crippen molar-refractivity contribution in [3.8, 4) is 6.07 Å². The van der Waals surface area contributed by atoms with Gasteiger partial charge in [0.05, 0.1) is 24.6 Å². The Morgan fingerprint density at radius 2 is 2.17 bits per heavy atom. The summed E-state index contributed by atoms with van der Waals surface area (Å²) in [6.07, 6.45) is 4.36. The summed E-state index contributed by atoms with van der Waals surface area (Å²) < 4.78 is 5.40. The van der Waals surface area contributed by atoms with Crippen molar-refractivity contribution < 1.29 is 9.53 Å². The Hall–Kier alpha value is -2.06. The normalized spacial score (nSPS) is 20.3. The van der Waals surface area contributed by atoms with Crippen molar-refractivity contribution in [2.75, 3.05) is 25.6 Å². The van der Waals surface area contributed by atoms with Gasteiger partial charge in [-0.05, 0) is 37.0 Å². The zero-order chi connectivity index (χ0) is 16.7. The molecule has 0 unspecified atom stereocenters. The lowest BCUT2D eigenvalue weighted by Crippen LogP contribution is -2.51. The van der Waals surface area contributed by atoms with E-state index in [4.69, 9.17) is 10.00 Å². The van der Waals surface area contributed by atoms with Gasteiger partial charge in [0, 0.05) is 19.3 Å². The lowest BCUT2D eigenvalue weighted by Gasteiger charge is -2.38. The van der Waals surface area contributed by atoms with Crippen LogP contribution < -0.4 is 5.32 Å². The summed E-state index contributed by atoms with van der Waals surface area (Å²) in [5, 5.41) is 11.7. The number of amides is 2. The van der Waals surface area contributed by atoms with Crippen LogP contribution in [0.2, 0.25) is 0 Å². The molecule has 0 aliphatic carbocycles. The van der Waals surface area contributed by atoms with Crippen molar-refractivity contribution in [3.63, 3.8) is 0 Å². The van der Waals surface area contributed by atoms with Gasteiger partial charge in [-0.25, -0.2) is 4.79 Å². The van der Waals surface area contributed by atoms with E-state index in [-0.39, 0.29) is 11.6 Å². The highest BCUT2D eigenvalue weighted by atomic mass is 16.5. The molecular weight excluding hydrogens is 290 g/mol.